The molecule has 2 aliphatic carbocycles. The first kappa shape index (κ1) is 31.8. The van der Waals surface area contributed by atoms with E-state index in [9.17, 15) is 0 Å². The van der Waals surface area contributed by atoms with Gasteiger partial charge in [-0.05, 0) is 180 Å². The summed E-state index contributed by atoms with van der Waals surface area (Å²) >= 11 is 0. The Morgan fingerprint density at radius 1 is 0.237 bits per heavy atom. The maximum Gasteiger partial charge on any atom is -0.00112 e. The Labute approximate surface area is 341 Å². The van der Waals surface area contributed by atoms with Crippen LogP contribution in [-0.4, -0.2) is 0 Å². The first-order valence-electron chi connectivity index (χ1n) is 20.9. The van der Waals surface area contributed by atoms with E-state index >= 15 is 0 Å². The molecule has 0 amide bonds. The monoisotopic (exact) mass is 744 g/mol. The average molecular weight is 745 g/mol. The van der Waals surface area contributed by atoms with Crippen LogP contribution in [0, 0.1) is 20.8 Å². The first-order valence-corrected chi connectivity index (χ1v) is 20.9. The summed E-state index contributed by atoms with van der Waals surface area (Å²) in [4.78, 5) is 0. The minimum absolute atomic E-state index is 1.26. The lowest BCUT2D eigenvalue weighted by Gasteiger charge is -2.19. The quantitative estimate of drug-likeness (QED) is 0.122. The van der Waals surface area contributed by atoms with Gasteiger partial charge >= 0.3 is 0 Å². The molecule has 2 aliphatic rings. The van der Waals surface area contributed by atoms with E-state index in [2.05, 4.69) is 185 Å². The van der Waals surface area contributed by atoms with Crippen molar-refractivity contribution in [2.75, 3.05) is 0 Å². The molecule has 0 heteroatoms. The summed E-state index contributed by atoms with van der Waals surface area (Å²) in [6.45, 7) is 7.05. The van der Waals surface area contributed by atoms with E-state index in [4.69, 9.17) is 0 Å². The Morgan fingerprint density at radius 2 is 0.610 bits per heavy atom. The third kappa shape index (κ3) is 3.77. The summed E-state index contributed by atoms with van der Waals surface area (Å²) in [6.07, 6.45) is 0. The molecule has 0 atom stereocenters. The molecule has 0 aromatic heterocycles. The second-order valence-electron chi connectivity index (χ2n) is 17.1. The molecule has 59 heavy (non-hydrogen) atoms. The van der Waals surface area contributed by atoms with Crippen LogP contribution >= 0.6 is 0 Å². The molecule has 0 nitrogen and oxygen atoms in total. The van der Waals surface area contributed by atoms with Crippen molar-refractivity contribution < 1.29 is 0 Å². The van der Waals surface area contributed by atoms with Gasteiger partial charge in [-0.15, -0.1) is 0 Å². The molecule has 0 heterocycles. The molecule has 272 valence electrons. The molecule has 12 aromatic rings. The first-order chi connectivity index (χ1) is 29.1. The average Bonchev–Trinajstić information content (AvgIpc) is 3.81. The van der Waals surface area contributed by atoms with Crippen LogP contribution in [0.3, 0.4) is 0 Å². The van der Waals surface area contributed by atoms with Crippen LogP contribution in [0.15, 0.2) is 164 Å². The molecule has 14 rings (SSSR count). The predicted octanol–water partition coefficient (Wildman–Crippen LogP) is 16.8. The van der Waals surface area contributed by atoms with Crippen molar-refractivity contribution >= 4 is 75.4 Å². The zero-order chi connectivity index (χ0) is 38.8. The smallest absolute Gasteiger partial charge is 0.00112 e. The minimum atomic E-state index is 1.26. The van der Waals surface area contributed by atoms with Crippen molar-refractivity contribution in [2.45, 2.75) is 20.8 Å². The van der Waals surface area contributed by atoms with Crippen molar-refractivity contribution in [1.82, 2.24) is 0 Å². The van der Waals surface area contributed by atoms with Crippen LogP contribution in [0.5, 0.6) is 0 Å². The van der Waals surface area contributed by atoms with Gasteiger partial charge in [0.15, 0.2) is 0 Å². The lowest BCUT2D eigenvalue weighted by Crippen LogP contribution is -1.94. The number of hydrogen-bond acceptors (Lipinski definition) is 0. The fourth-order valence-electron chi connectivity index (χ4n) is 12.1. The van der Waals surface area contributed by atoms with Crippen LogP contribution < -0.4 is 0 Å². The van der Waals surface area contributed by atoms with Gasteiger partial charge in [0.25, 0.3) is 0 Å². The van der Waals surface area contributed by atoms with E-state index in [0.29, 0.717) is 0 Å². The van der Waals surface area contributed by atoms with Crippen molar-refractivity contribution in [3.8, 4) is 66.8 Å². The zero-order valence-corrected chi connectivity index (χ0v) is 33.1. The highest BCUT2D eigenvalue weighted by Crippen LogP contribution is 2.60. The molecule has 0 spiro atoms. The maximum absolute atomic E-state index is 2.45. The third-order valence-electron chi connectivity index (χ3n) is 14.3. The van der Waals surface area contributed by atoms with Gasteiger partial charge < -0.3 is 0 Å². The standard InChI is InChI=1S/C59H36/c1-31-30-48(34-14-6-4-7-15-34)58-46-28-24-42-40-22-26-44-52-32(2)50-38-20-12-10-18-36(38)37-19-11-13-21-39(37)51(50)33(3)53(52)45-27-23-41(54(40)56(44)45)43-25-29-47(57(46)55(42)43)59(58)49(31)35-16-8-5-9-17-35/h4-30H,1-3H3. The van der Waals surface area contributed by atoms with Crippen molar-refractivity contribution in [2.24, 2.45) is 0 Å². The lowest BCUT2D eigenvalue weighted by atomic mass is 9.84. The molecular formula is C59H36. The van der Waals surface area contributed by atoms with Gasteiger partial charge in [0.1, 0.15) is 0 Å². The Bertz CT molecular complexity index is 3740. The fraction of sp³-hybridized carbons (Fsp3) is 0.0508. The summed E-state index contributed by atoms with van der Waals surface area (Å²) in [5, 5.41) is 19.1. The highest BCUT2D eigenvalue weighted by molar-refractivity contribution is 6.41. The summed E-state index contributed by atoms with van der Waals surface area (Å²) in [6, 6.07) is 62.0. The minimum Gasteiger partial charge on any atom is -0.0622 e. The van der Waals surface area contributed by atoms with Gasteiger partial charge in [0.2, 0.25) is 0 Å². The topological polar surface area (TPSA) is 0 Å². The van der Waals surface area contributed by atoms with Gasteiger partial charge in [-0.1, -0.05) is 164 Å². The Hall–Kier alpha value is -7.28. The molecule has 0 radical (unpaired) electrons. The molecule has 0 saturated carbocycles. The summed E-state index contributed by atoms with van der Waals surface area (Å²) in [7, 11) is 0. The second kappa shape index (κ2) is 11.0. The van der Waals surface area contributed by atoms with Crippen LogP contribution in [-0.2, 0) is 0 Å². The Morgan fingerprint density at radius 3 is 1.08 bits per heavy atom. The zero-order valence-electron chi connectivity index (χ0n) is 33.1. The fourth-order valence-corrected chi connectivity index (χ4v) is 12.1. The van der Waals surface area contributed by atoms with E-state index in [1.165, 1.54) is 159 Å². The van der Waals surface area contributed by atoms with Crippen LogP contribution in [0.25, 0.3) is 142 Å². The Balaban J connectivity index is 1.10. The lowest BCUT2D eigenvalue weighted by molar-refractivity contribution is 1.46. The second-order valence-corrected chi connectivity index (χ2v) is 17.1. The van der Waals surface area contributed by atoms with Gasteiger partial charge in [0.05, 0.1) is 0 Å². The largest absolute Gasteiger partial charge is 0.0622 e. The predicted molar refractivity (Wildman–Crippen MR) is 254 cm³/mol. The van der Waals surface area contributed by atoms with Crippen molar-refractivity contribution in [3.63, 3.8) is 0 Å². The number of rotatable bonds is 2. The van der Waals surface area contributed by atoms with Crippen LogP contribution in [0.4, 0.5) is 0 Å². The number of benzene rings is 12. The van der Waals surface area contributed by atoms with E-state index in [0.717, 1.165) is 0 Å². The van der Waals surface area contributed by atoms with Crippen molar-refractivity contribution in [1.29, 1.82) is 0 Å². The van der Waals surface area contributed by atoms with Gasteiger partial charge in [-0.3, -0.25) is 0 Å². The van der Waals surface area contributed by atoms with E-state index < -0.39 is 0 Å². The third-order valence-corrected chi connectivity index (χ3v) is 14.3. The van der Waals surface area contributed by atoms with E-state index in [1.807, 2.05) is 0 Å². The molecule has 0 unspecified atom stereocenters. The van der Waals surface area contributed by atoms with Crippen LogP contribution in [0.2, 0.25) is 0 Å². The van der Waals surface area contributed by atoms with Gasteiger partial charge in [0, 0.05) is 0 Å². The maximum atomic E-state index is 2.45. The van der Waals surface area contributed by atoms with Gasteiger partial charge in [-0.25, -0.2) is 0 Å². The molecule has 0 aliphatic heterocycles. The summed E-state index contributed by atoms with van der Waals surface area (Å²) in [5.41, 5.74) is 20.2. The SMILES string of the molecule is Cc1cc(-c2ccccc2)c2c(c1-c1ccccc1)-c1ccc3c4ccc5c6c(ccc(c7ccc-2c1c73)c64)-c1c-5c(C)c2c3ccccc3c3ccccc3c2c1C. The number of fused-ring (bicyclic) bond motifs is 14. The Kier molecular flexibility index (Phi) is 5.93. The molecule has 12 aromatic carbocycles. The number of aryl methyl sites for hydroxylation is 3. The van der Waals surface area contributed by atoms with Crippen LogP contribution in [0.1, 0.15) is 16.7 Å². The number of hydrogen-bond donors (Lipinski definition) is 0. The normalized spacial score (nSPS) is 12.7. The molecule has 0 saturated heterocycles. The van der Waals surface area contributed by atoms with Crippen molar-refractivity contribution in [3.05, 3.63) is 180 Å². The highest BCUT2D eigenvalue weighted by atomic mass is 14.4. The summed E-state index contributed by atoms with van der Waals surface area (Å²) < 4.78 is 0. The van der Waals surface area contributed by atoms with E-state index in [-0.39, 0.29) is 0 Å². The van der Waals surface area contributed by atoms with Gasteiger partial charge in [-0.2, -0.15) is 0 Å². The molecular weight excluding hydrogens is 709 g/mol. The molecule has 0 N–H and O–H groups in total. The molecule has 0 bridgehead atoms. The molecule has 0 fully saturated rings. The highest BCUT2D eigenvalue weighted by Gasteiger charge is 2.33. The van der Waals surface area contributed by atoms with E-state index in [1.54, 1.807) is 0 Å². The summed E-state index contributed by atoms with van der Waals surface area (Å²) in [5.74, 6) is 0.